The van der Waals surface area contributed by atoms with Gasteiger partial charge >= 0.3 is 0 Å². The molecule has 3 rings (SSSR count). The fraction of sp³-hybridized carbons (Fsp3) is 0.211. The minimum absolute atomic E-state index is 0.00867. The van der Waals surface area contributed by atoms with Crippen molar-refractivity contribution in [3.63, 3.8) is 0 Å². The normalized spacial score (nSPS) is 13.9. The van der Waals surface area contributed by atoms with Crippen LogP contribution in [0.5, 0.6) is 0 Å². The molecule has 0 radical (unpaired) electrons. The average Bonchev–Trinajstić information content (AvgIpc) is 2.98. The highest BCUT2D eigenvalue weighted by Crippen LogP contribution is 2.21. The number of halogens is 1. The lowest BCUT2D eigenvalue weighted by molar-refractivity contribution is 0.0947. The Morgan fingerprint density at radius 1 is 1.09 bits per heavy atom. The van der Waals surface area contributed by atoms with E-state index in [1.807, 2.05) is 31.2 Å². The van der Waals surface area contributed by atoms with Crippen molar-refractivity contribution in [3.05, 3.63) is 71.7 Å². The molecule has 1 heterocycles. The Morgan fingerprint density at radius 2 is 1.78 bits per heavy atom. The van der Waals surface area contributed by atoms with Crippen LogP contribution >= 0.6 is 0 Å². The fourth-order valence-corrected chi connectivity index (χ4v) is 2.88. The van der Waals surface area contributed by atoms with Crippen molar-refractivity contribution in [2.75, 3.05) is 0 Å². The summed E-state index contributed by atoms with van der Waals surface area (Å²) >= 11 is 0. The molecule has 0 spiro atoms. The summed E-state index contributed by atoms with van der Waals surface area (Å²) in [4.78, 5) is 15.8. The number of ketones is 1. The first-order chi connectivity index (χ1) is 11.1. The molecule has 2 atom stereocenters. The summed E-state index contributed by atoms with van der Waals surface area (Å²) in [6, 6.07) is 13.6. The second-order valence-electron chi connectivity index (χ2n) is 5.74. The van der Waals surface area contributed by atoms with Gasteiger partial charge in [-0.1, -0.05) is 36.4 Å². The molecule has 2 N–H and O–H groups in total. The van der Waals surface area contributed by atoms with Crippen LogP contribution in [0.3, 0.4) is 0 Å². The van der Waals surface area contributed by atoms with Gasteiger partial charge in [-0.15, -0.1) is 0 Å². The Bertz CT molecular complexity index is 840. The van der Waals surface area contributed by atoms with Crippen molar-refractivity contribution < 1.29 is 9.18 Å². The van der Waals surface area contributed by atoms with Crippen LogP contribution in [0.15, 0.2) is 54.7 Å². The molecule has 4 heteroatoms. The average molecular weight is 310 g/mol. The molecule has 0 fully saturated rings. The minimum atomic E-state index is -0.413. The van der Waals surface area contributed by atoms with E-state index in [4.69, 9.17) is 0 Å². The monoisotopic (exact) mass is 310 g/mol. The Kier molecular flexibility index (Phi) is 4.26. The Hall–Kier alpha value is -2.46. The molecule has 3 aromatic rings. The van der Waals surface area contributed by atoms with E-state index >= 15 is 0 Å². The van der Waals surface area contributed by atoms with Gasteiger partial charge in [0, 0.05) is 34.3 Å². The lowest BCUT2D eigenvalue weighted by Crippen LogP contribution is -2.36. The lowest BCUT2D eigenvalue weighted by atomic mass is 10.0. The van der Waals surface area contributed by atoms with E-state index in [9.17, 15) is 9.18 Å². The van der Waals surface area contributed by atoms with E-state index in [-0.39, 0.29) is 17.6 Å². The summed E-state index contributed by atoms with van der Waals surface area (Å²) in [7, 11) is 0. The van der Waals surface area contributed by atoms with Gasteiger partial charge in [-0.3, -0.25) is 4.79 Å². The highest BCUT2D eigenvalue weighted by atomic mass is 19.1. The molecule has 1 aromatic heterocycles. The second-order valence-corrected chi connectivity index (χ2v) is 5.74. The molecule has 2 aromatic carbocycles. The predicted octanol–water partition coefficient (Wildman–Crippen LogP) is 4.23. The maximum atomic E-state index is 13.8. The van der Waals surface area contributed by atoms with Gasteiger partial charge in [-0.25, -0.2) is 4.39 Å². The number of Topliss-reactive ketones (excluding diaryl/α,β-unsaturated/α-hetero) is 1. The number of benzene rings is 2. The van der Waals surface area contributed by atoms with Gasteiger partial charge in [-0.05, 0) is 26.0 Å². The summed E-state index contributed by atoms with van der Waals surface area (Å²) in [5.74, 6) is -0.273. The topological polar surface area (TPSA) is 44.9 Å². The molecule has 0 aliphatic carbocycles. The number of carbonyl (C=O) groups is 1. The molecule has 0 saturated heterocycles. The summed E-state index contributed by atoms with van der Waals surface area (Å²) in [5, 5.41) is 4.09. The van der Waals surface area contributed by atoms with E-state index in [0.29, 0.717) is 11.1 Å². The number of aromatic amines is 1. The van der Waals surface area contributed by atoms with E-state index in [0.717, 1.165) is 10.9 Å². The van der Waals surface area contributed by atoms with Crippen LogP contribution < -0.4 is 5.32 Å². The molecule has 0 unspecified atom stereocenters. The molecule has 23 heavy (non-hydrogen) atoms. The lowest BCUT2D eigenvalue weighted by Gasteiger charge is -2.19. The quantitative estimate of drug-likeness (QED) is 0.693. The third kappa shape index (κ3) is 3.03. The van der Waals surface area contributed by atoms with Gasteiger partial charge in [0.15, 0.2) is 5.78 Å². The first kappa shape index (κ1) is 15.4. The number of carbonyl (C=O) groups excluding carboxylic acids is 1. The van der Waals surface area contributed by atoms with Crippen LogP contribution in [0.2, 0.25) is 0 Å². The van der Waals surface area contributed by atoms with Crippen LogP contribution in [0.1, 0.15) is 35.8 Å². The van der Waals surface area contributed by atoms with E-state index in [1.54, 1.807) is 31.3 Å². The number of rotatable bonds is 5. The van der Waals surface area contributed by atoms with Crippen molar-refractivity contribution in [1.29, 1.82) is 0 Å². The summed E-state index contributed by atoms with van der Waals surface area (Å²) in [5.41, 5.74) is 2.15. The molecular formula is C19H19FN2O. The van der Waals surface area contributed by atoms with E-state index in [2.05, 4.69) is 10.3 Å². The van der Waals surface area contributed by atoms with Crippen LogP contribution in [0, 0.1) is 5.82 Å². The molecule has 0 saturated carbocycles. The molecule has 0 bridgehead atoms. The van der Waals surface area contributed by atoms with Crippen molar-refractivity contribution in [2.45, 2.75) is 25.9 Å². The number of H-pyrrole nitrogens is 1. The van der Waals surface area contributed by atoms with Gasteiger partial charge in [0.1, 0.15) is 5.82 Å². The molecular weight excluding hydrogens is 291 g/mol. The highest BCUT2D eigenvalue weighted by Gasteiger charge is 2.21. The van der Waals surface area contributed by atoms with Gasteiger partial charge in [0.25, 0.3) is 0 Å². The predicted molar refractivity (Wildman–Crippen MR) is 90.0 cm³/mol. The zero-order chi connectivity index (χ0) is 16.4. The Labute approximate surface area is 134 Å². The zero-order valence-electron chi connectivity index (χ0n) is 13.1. The first-order valence-corrected chi connectivity index (χ1v) is 7.68. The molecule has 0 amide bonds. The third-order valence-electron chi connectivity index (χ3n) is 4.12. The molecule has 0 aliphatic heterocycles. The van der Waals surface area contributed by atoms with Crippen LogP contribution in [0.4, 0.5) is 4.39 Å². The number of fused-ring (bicyclic) bond motifs is 1. The van der Waals surface area contributed by atoms with Crippen LogP contribution in [-0.2, 0) is 0 Å². The zero-order valence-corrected chi connectivity index (χ0v) is 13.1. The largest absolute Gasteiger partial charge is 0.360 e. The third-order valence-corrected chi connectivity index (χ3v) is 4.12. The molecule has 118 valence electrons. The molecule has 0 aliphatic rings. The van der Waals surface area contributed by atoms with E-state index < -0.39 is 6.04 Å². The standard InChI is InChI=1S/C19H19FN2O/c1-12(14-7-3-5-9-17(14)20)22-13(2)19(23)16-11-21-18-10-6-4-8-15(16)18/h3-13,21-22H,1-2H3/t12-,13-/m0/s1. The van der Waals surface area contributed by atoms with Gasteiger partial charge in [0.2, 0.25) is 0 Å². The highest BCUT2D eigenvalue weighted by molar-refractivity contribution is 6.10. The van der Waals surface area contributed by atoms with Crippen molar-refractivity contribution in [3.8, 4) is 0 Å². The smallest absolute Gasteiger partial charge is 0.181 e. The summed E-state index contributed by atoms with van der Waals surface area (Å²) < 4.78 is 13.8. The number of nitrogens with one attached hydrogen (secondary N) is 2. The maximum absolute atomic E-state index is 13.8. The minimum Gasteiger partial charge on any atom is -0.360 e. The van der Waals surface area contributed by atoms with Crippen molar-refractivity contribution in [2.24, 2.45) is 0 Å². The van der Waals surface area contributed by atoms with Gasteiger partial charge < -0.3 is 10.3 Å². The number of aromatic nitrogens is 1. The van der Waals surface area contributed by atoms with Gasteiger partial charge in [-0.2, -0.15) is 0 Å². The number of hydrogen-bond acceptors (Lipinski definition) is 2. The van der Waals surface area contributed by atoms with Crippen LogP contribution in [-0.4, -0.2) is 16.8 Å². The summed E-state index contributed by atoms with van der Waals surface area (Å²) in [6.07, 6.45) is 1.74. The SMILES string of the molecule is C[C@H](N[C@@H](C)c1ccccc1F)C(=O)c1c[nH]c2ccccc12. The first-order valence-electron chi connectivity index (χ1n) is 7.68. The van der Waals surface area contributed by atoms with E-state index in [1.165, 1.54) is 6.07 Å². The molecule has 3 nitrogen and oxygen atoms in total. The fourth-order valence-electron chi connectivity index (χ4n) is 2.88. The Balaban J connectivity index is 1.79. The number of para-hydroxylation sites is 1. The number of hydrogen-bond donors (Lipinski definition) is 2. The van der Waals surface area contributed by atoms with Crippen LogP contribution in [0.25, 0.3) is 10.9 Å². The van der Waals surface area contributed by atoms with Crippen molar-refractivity contribution >= 4 is 16.7 Å². The Morgan fingerprint density at radius 3 is 2.57 bits per heavy atom. The van der Waals surface area contributed by atoms with Gasteiger partial charge in [0.05, 0.1) is 6.04 Å². The van der Waals surface area contributed by atoms with Crippen molar-refractivity contribution in [1.82, 2.24) is 10.3 Å². The maximum Gasteiger partial charge on any atom is 0.181 e. The summed E-state index contributed by atoms with van der Waals surface area (Å²) in [6.45, 7) is 3.67. The second kappa shape index (κ2) is 6.34.